The van der Waals surface area contributed by atoms with Gasteiger partial charge in [-0.15, -0.1) is 0 Å². The van der Waals surface area contributed by atoms with Crippen LogP contribution >= 0.6 is 0 Å². The minimum atomic E-state index is -0.185. The van der Waals surface area contributed by atoms with Gasteiger partial charge >= 0.3 is 0 Å². The molecule has 7 nitrogen and oxygen atoms in total. The first-order valence-corrected chi connectivity index (χ1v) is 12.0. The van der Waals surface area contributed by atoms with Crippen molar-refractivity contribution in [2.24, 2.45) is 0 Å². The summed E-state index contributed by atoms with van der Waals surface area (Å²) in [6.45, 7) is 7.70. The molecule has 1 aliphatic heterocycles. The Morgan fingerprint density at radius 1 is 1.06 bits per heavy atom. The number of rotatable bonds is 5. The highest BCUT2D eigenvalue weighted by Crippen LogP contribution is 2.29. The number of carbonyl (C=O) groups excluding carboxylic acids is 1. The number of pyridine rings is 1. The number of morpholine rings is 1. The number of aromatic nitrogens is 3. The van der Waals surface area contributed by atoms with Crippen LogP contribution < -0.4 is 5.32 Å². The van der Waals surface area contributed by atoms with Crippen molar-refractivity contribution in [1.82, 2.24) is 19.7 Å². The third-order valence-corrected chi connectivity index (χ3v) is 6.83. The van der Waals surface area contributed by atoms with Gasteiger partial charge < -0.3 is 10.1 Å². The first-order valence-electron chi connectivity index (χ1n) is 12.0. The Morgan fingerprint density at radius 3 is 2.53 bits per heavy atom. The van der Waals surface area contributed by atoms with Crippen LogP contribution in [0.5, 0.6) is 0 Å². The Kier molecular flexibility index (Phi) is 6.56. The maximum absolute atomic E-state index is 12.9. The summed E-state index contributed by atoms with van der Waals surface area (Å²) in [4.78, 5) is 20.1. The van der Waals surface area contributed by atoms with Crippen LogP contribution in [0.1, 0.15) is 46.6 Å². The summed E-state index contributed by atoms with van der Waals surface area (Å²) in [5, 5.41) is 7.38. The predicted octanol–water partition coefficient (Wildman–Crippen LogP) is 4.40. The molecule has 5 rings (SSSR count). The highest BCUT2D eigenvalue weighted by atomic mass is 16.5. The van der Waals surface area contributed by atoms with E-state index in [1.54, 1.807) is 17.1 Å². The lowest BCUT2D eigenvalue weighted by Crippen LogP contribution is -2.43. The highest BCUT2D eigenvalue weighted by Gasteiger charge is 2.23. The largest absolute Gasteiger partial charge is 0.379 e. The minimum absolute atomic E-state index is 0.185. The number of hydrogen-bond donors (Lipinski definition) is 1. The first-order chi connectivity index (χ1) is 16.6. The van der Waals surface area contributed by atoms with Crippen molar-refractivity contribution >= 4 is 17.2 Å². The van der Waals surface area contributed by atoms with Crippen molar-refractivity contribution in [1.29, 1.82) is 0 Å². The average molecular weight is 458 g/mol. The van der Waals surface area contributed by atoms with E-state index >= 15 is 0 Å². The molecule has 3 heterocycles. The van der Waals surface area contributed by atoms with Crippen LogP contribution in [-0.2, 0) is 4.74 Å². The second-order valence-electron chi connectivity index (χ2n) is 9.08. The van der Waals surface area contributed by atoms with E-state index in [0.29, 0.717) is 17.3 Å². The Balaban J connectivity index is 1.22. The maximum Gasteiger partial charge on any atom is 0.259 e. The number of anilines is 1. The molecule has 1 N–H and O–H groups in total. The molecule has 176 valence electrons. The van der Waals surface area contributed by atoms with Crippen LogP contribution in [0, 0.1) is 13.8 Å². The molecule has 1 aliphatic carbocycles. The molecule has 0 spiro atoms. The second-order valence-corrected chi connectivity index (χ2v) is 9.08. The third kappa shape index (κ3) is 4.81. The number of nitrogens with zero attached hydrogens (tertiary/aromatic N) is 4. The van der Waals surface area contributed by atoms with Crippen molar-refractivity contribution in [3.05, 3.63) is 77.4 Å². The summed E-state index contributed by atoms with van der Waals surface area (Å²) < 4.78 is 7.27. The summed E-state index contributed by atoms with van der Waals surface area (Å²) >= 11 is 0. The summed E-state index contributed by atoms with van der Waals surface area (Å²) in [5.74, 6) is -0.185. The number of aryl methyl sites for hydroxylation is 1. The molecule has 7 heteroatoms. The monoisotopic (exact) mass is 457 g/mol. The van der Waals surface area contributed by atoms with Crippen molar-refractivity contribution in [2.75, 3.05) is 31.6 Å². The lowest BCUT2D eigenvalue weighted by molar-refractivity contribution is 0.0150. The van der Waals surface area contributed by atoms with Crippen LogP contribution in [0.4, 0.5) is 5.69 Å². The standard InChI is InChI=1S/C27H31N5O2/c1-19-3-8-24(9-4-19)32-20(2)25(18-29-32)27(33)30-22-7-12-26(28-17-22)21-5-10-23(11-6-21)31-13-15-34-16-14-31/h3-5,7-9,12,17-18,23H,6,10-11,13-16H2,1-2H3,(H,30,33). The van der Waals surface area contributed by atoms with Gasteiger partial charge in [-0.25, -0.2) is 4.68 Å². The molecule has 2 aromatic heterocycles. The van der Waals surface area contributed by atoms with Gasteiger partial charge in [-0.3, -0.25) is 14.7 Å². The van der Waals surface area contributed by atoms with Gasteiger partial charge in [0.25, 0.3) is 5.91 Å². The predicted molar refractivity (Wildman–Crippen MR) is 133 cm³/mol. The molecule has 1 saturated heterocycles. The zero-order valence-electron chi connectivity index (χ0n) is 19.8. The molecule has 0 bridgehead atoms. The number of carbonyl (C=O) groups is 1. The molecule has 1 aromatic carbocycles. The molecule has 1 fully saturated rings. The fourth-order valence-electron chi connectivity index (χ4n) is 4.76. The number of nitrogens with one attached hydrogen (secondary N) is 1. The number of benzene rings is 1. The number of allylic oxidation sites excluding steroid dienone is 1. The molecule has 0 radical (unpaired) electrons. The summed E-state index contributed by atoms with van der Waals surface area (Å²) in [5.41, 5.74) is 6.42. The summed E-state index contributed by atoms with van der Waals surface area (Å²) in [6, 6.07) is 12.6. The fourth-order valence-corrected chi connectivity index (χ4v) is 4.76. The van der Waals surface area contributed by atoms with Crippen molar-refractivity contribution in [2.45, 2.75) is 39.2 Å². The van der Waals surface area contributed by atoms with Gasteiger partial charge in [0, 0.05) is 19.1 Å². The zero-order chi connectivity index (χ0) is 23.5. The van der Waals surface area contributed by atoms with Gasteiger partial charge in [0.2, 0.25) is 0 Å². The van der Waals surface area contributed by atoms with E-state index in [9.17, 15) is 4.79 Å². The van der Waals surface area contributed by atoms with Gasteiger partial charge in [0.1, 0.15) is 0 Å². The van der Waals surface area contributed by atoms with Crippen LogP contribution in [0.15, 0.2) is 54.9 Å². The molecule has 2 aliphatic rings. The van der Waals surface area contributed by atoms with Crippen molar-refractivity contribution in [3.63, 3.8) is 0 Å². The topological polar surface area (TPSA) is 72.3 Å². The molecule has 1 amide bonds. The Hall–Kier alpha value is -3.29. The van der Waals surface area contributed by atoms with Gasteiger partial charge in [-0.05, 0) is 62.9 Å². The Bertz CT molecular complexity index is 1170. The van der Waals surface area contributed by atoms with Crippen LogP contribution in [0.3, 0.4) is 0 Å². The van der Waals surface area contributed by atoms with Crippen LogP contribution in [0.2, 0.25) is 0 Å². The molecule has 1 atom stereocenters. The van der Waals surface area contributed by atoms with Crippen LogP contribution in [0.25, 0.3) is 11.3 Å². The highest BCUT2D eigenvalue weighted by molar-refractivity contribution is 6.04. The van der Waals surface area contributed by atoms with E-state index in [-0.39, 0.29) is 5.91 Å². The normalized spacial score (nSPS) is 19.0. The quantitative estimate of drug-likeness (QED) is 0.615. The van der Waals surface area contributed by atoms with E-state index in [2.05, 4.69) is 26.4 Å². The minimum Gasteiger partial charge on any atom is -0.379 e. The summed E-state index contributed by atoms with van der Waals surface area (Å²) in [6.07, 6.45) is 8.91. The summed E-state index contributed by atoms with van der Waals surface area (Å²) in [7, 11) is 0. The smallest absolute Gasteiger partial charge is 0.259 e. The molecular formula is C27H31N5O2. The van der Waals surface area contributed by atoms with Gasteiger partial charge in [0.15, 0.2) is 0 Å². The maximum atomic E-state index is 12.9. The van der Waals surface area contributed by atoms with E-state index in [1.165, 1.54) is 11.1 Å². The van der Waals surface area contributed by atoms with Crippen molar-refractivity contribution < 1.29 is 9.53 Å². The van der Waals surface area contributed by atoms with Crippen molar-refractivity contribution in [3.8, 4) is 5.69 Å². The first kappa shape index (κ1) is 22.5. The Morgan fingerprint density at radius 2 is 1.85 bits per heavy atom. The average Bonchev–Trinajstić information content (AvgIpc) is 3.27. The van der Waals surface area contributed by atoms with Gasteiger partial charge in [0.05, 0.1) is 53.9 Å². The van der Waals surface area contributed by atoms with E-state index in [0.717, 1.165) is 62.6 Å². The fraction of sp³-hybridized carbons (Fsp3) is 0.370. The van der Waals surface area contributed by atoms with E-state index in [4.69, 9.17) is 4.74 Å². The number of ether oxygens (including phenoxy) is 1. The van der Waals surface area contributed by atoms with Crippen LogP contribution in [-0.4, -0.2) is 57.9 Å². The number of amides is 1. The van der Waals surface area contributed by atoms with E-state index < -0.39 is 0 Å². The Labute approximate surface area is 200 Å². The number of hydrogen-bond acceptors (Lipinski definition) is 5. The zero-order valence-corrected chi connectivity index (χ0v) is 19.8. The lowest BCUT2D eigenvalue weighted by atomic mass is 9.92. The molecule has 1 unspecified atom stereocenters. The second kappa shape index (κ2) is 9.91. The molecular weight excluding hydrogens is 426 g/mol. The van der Waals surface area contributed by atoms with Gasteiger partial charge in [-0.1, -0.05) is 23.8 Å². The molecule has 34 heavy (non-hydrogen) atoms. The molecule has 0 saturated carbocycles. The van der Waals surface area contributed by atoms with Gasteiger partial charge in [-0.2, -0.15) is 5.10 Å². The third-order valence-electron chi connectivity index (χ3n) is 6.83. The van der Waals surface area contributed by atoms with E-state index in [1.807, 2.05) is 50.2 Å². The SMILES string of the molecule is Cc1ccc(-n2ncc(C(=O)Nc3ccc(C4=CCC(N5CCOCC5)CC4)nc3)c2C)cc1. The lowest BCUT2D eigenvalue weighted by Gasteiger charge is -2.36. The molecule has 3 aromatic rings.